The molecule has 1 atom stereocenters. The van der Waals surface area contributed by atoms with E-state index in [0.717, 1.165) is 25.1 Å². The van der Waals surface area contributed by atoms with Crippen LogP contribution in [0.2, 0.25) is 0 Å². The van der Waals surface area contributed by atoms with Crippen LogP contribution in [0.1, 0.15) is 40.7 Å². The lowest BCUT2D eigenvalue weighted by Crippen LogP contribution is -2.24. The fraction of sp³-hybridized carbons (Fsp3) is 0.333. The second-order valence-electron chi connectivity index (χ2n) is 4.95. The van der Waals surface area contributed by atoms with Crippen molar-refractivity contribution in [2.24, 2.45) is 0 Å². The molecule has 0 spiro atoms. The number of furan rings is 1. The minimum absolute atomic E-state index is 0.216. The van der Waals surface area contributed by atoms with Gasteiger partial charge in [-0.3, -0.25) is 9.88 Å². The number of nitrogens with zero attached hydrogens (tertiary/aromatic N) is 2. The molecule has 2 aromatic heterocycles. The zero-order valence-corrected chi connectivity index (χ0v) is 11.0. The lowest BCUT2D eigenvalue weighted by Gasteiger charge is -2.22. The van der Waals surface area contributed by atoms with Crippen LogP contribution in [-0.4, -0.2) is 27.5 Å². The first-order valence-electron chi connectivity index (χ1n) is 6.70. The van der Waals surface area contributed by atoms with Crippen LogP contribution in [-0.2, 0) is 6.54 Å². The summed E-state index contributed by atoms with van der Waals surface area (Å²) in [5, 5.41) is 9.21. The van der Waals surface area contributed by atoms with Gasteiger partial charge in [-0.05, 0) is 43.7 Å². The molecule has 5 nitrogen and oxygen atoms in total. The van der Waals surface area contributed by atoms with Crippen LogP contribution in [0, 0.1) is 0 Å². The van der Waals surface area contributed by atoms with Crippen molar-refractivity contribution >= 4 is 5.97 Å². The number of rotatable bonds is 4. The summed E-state index contributed by atoms with van der Waals surface area (Å²) in [6.45, 7) is 1.47. The first kappa shape index (κ1) is 12.9. The summed E-state index contributed by atoms with van der Waals surface area (Å²) in [6.07, 6.45) is 5.43. The van der Waals surface area contributed by atoms with Crippen molar-refractivity contribution in [3.63, 3.8) is 0 Å². The number of aromatic carboxylic acids is 1. The van der Waals surface area contributed by atoms with E-state index in [-0.39, 0.29) is 11.6 Å². The number of carboxylic acids is 1. The molecule has 1 saturated heterocycles. The molecule has 104 valence electrons. The predicted molar refractivity (Wildman–Crippen MR) is 72.3 cm³/mol. The molecule has 0 aliphatic carbocycles. The summed E-state index contributed by atoms with van der Waals surface area (Å²) in [5.41, 5.74) is 0.885. The van der Waals surface area contributed by atoms with Gasteiger partial charge in [-0.25, -0.2) is 4.79 Å². The fourth-order valence-corrected chi connectivity index (χ4v) is 2.77. The highest BCUT2D eigenvalue weighted by atomic mass is 16.4. The summed E-state index contributed by atoms with van der Waals surface area (Å²) in [5.74, 6) is 0.0113. The van der Waals surface area contributed by atoms with Crippen molar-refractivity contribution < 1.29 is 14.3 Å². The minimum atomic E-state index is -0.929. The van der Waals surface area contributed by atoms with E-state index in [9.17, 15) is 9.90 Å². The zero-order chi connectivity index (χ0) is 13.9. The largest absolute Gasteiger partial charge is 0.478 e. The second-order valence-corrected chi connectivity index (χ2v) is 4.95. The van der Waals surface area contributed by atoms with E-state index in [4.69, 9.17) is 4.42 Å². The molecule has 0 bridgehead atoms. The summed E-state index contributed by atoms with van der Waals surface area (Å²) < 4.78 is 5.48. The third kappa shape index (κ3) is 2.44. The van der Waals surface area contributed by atoms with Gasteiger partial charge in [0.1, 0.15) is 5.76 Å². The lowest BCUT2D eigenvalue weighted by molar-refractivity contribution is 0.0693. The third-order valence-corrected chi connectivity index (χ3v) is 3.71. The Hall–Kier alpha value is -2.14. The standard InChI is InChI=1S/C15H16N2O3/c18-15(19)11-4-1-7-16-12(11)10-17-8-2-5-13(17)14-6-3-9-20-14/h1,3-4,6-7,9,13H,2,5,8,10H2,(H,18,19)/t13-/m1/s1. The lowest BCUT2D eigenvalue weighted by atomic mass is 10.1. The smallest absolute Gasteiger partial charge is 0.337 e. The van der Waals surface area contributed by atoms with Crippen molar-refractivity contribution in [2.45, 2.75) is 25.4 Å². The first-order chi connectivity index (χ1) is 9.75. The molecule has 2 aromatic rings. The maximum Gasteiger partial charge on any atom is 0.337 e. The molecule has 1 fully saturated rings. The number of aromatic nitrogens is 1. The molecule has 0 radical (unpaired) electrons. The maximum atomic E-state index is 11.2. The van der Waals surface area contributed by atoms with Crippen LogP contribution >= 0.6 is 0 Å². The number of hydrogen-bond donors (Lipinski definition) is 1. The molecule has 0 aromatic carbocycles. The molecule has 1 N–H and O–H groups in total. The number of hydrogen-bond acceptors (Lipinski definition) is 4. The van der Waals surface area contributed by atoms with Gasteiger partial charge < -0.3 is 9.52 Å². The number of likely N-dealkylation sites (tertiary alicyclic amines) is 1. The quantitative estimate of drug-likeness (QED) is 0.927. The molecule has 1 aliphatic rings. The molecular formula is C15H16N2O3. The van der Waals surface area contributed by atoms with Gasteiger partial charge in [-0.1, -0.05) is 0 Å². The summed E-state index contributed by atoms with van der Waals surface area (Å²) >= 11 is 0. The Morgan fingerprint density at radius 1 is 1.45 bits per heavy atom. The van der Waals surface area contributed by atoms with E-state index in [1.54, 1.807) is 24.6 Å². The molecule has 0 unspecified atom stereocenters. The van der Waals surface area contributed by atoms with Gasteiger partial charge in [0.25, 0.3) is 0 Å². The molecule has 3 rings (SSSR count). The Kier molecular flexibility index (Phi) is 3.52. The van der Waals surface area contributed by atoms with E-state index in [2.05, 4.69) is 9.88 Å². The highest BCUT2D eigenvalue weighted by molar-refractivity contribution is 5.88. The SMILES string of the molecule is O=C(O)c1cccnc1CN1CCC[C@@H]1c1ccco1. The topological polar surface area (TPSA) is 66.6 Å². The van der Waals surface area contributed by atoms with Crippen molar-refractivity contribution in [3.05, 3.63) is 53.7 Å². The van der Waals surface area contributed by atoms with Gasteiger partial charge in [0.2, 0.25) is 0 Å². The molecule has 20 heavy (non-hydrogen) atoms. The third-order valence-electron chi connectivity index (χ3n) is 3.71. The average molecular weight is 272 g/mol. The molecule has 0 amide bonds. The van der Waals surface area contributed by atoms with Gasteiger partial charge in [0, 0.05) is 12.7 Å². The zero-order valence-electron chi connectivity index (χ0n) is 11.0. The monoisotopic (exact) mass is 272 g/mol. The number of pyridine rings is 1. The Bertz CT molecular complexity index is 595. The van der Waals surface area contributed by atoms with Gasteiger partial charge in [0.05, 0.1) is 23.6 Å². The van der Waals surface area contributed by atoms with Crippen LogP contribution in [0.4, 0.5) is 0 Å². The van der Waals surface area contributed by atoms with E-state index in [1.165, 1.54) is 0 Å². The number of carbonyl (C=O) groups is 1. The van der Waals surface area contributed by atoms with Crippen LogP contribution in [0.15, 0.2) is 41.1 Å². The first-order valence-corrected chi connectivity index (χ1v) is 6.70. The van der Waals surface area contributed by atoms with Gasteiger partial charge in [-0.15, -0.1) is 0 Å². The highest BCUT2D eigenvalue weighted by Gasteiger charge is 2.29. The van der Waals surface area contributed by atoms with Crippen LogP contribution < -0.4 is 0 Å². The Labute approximate surface area is 116 Å². The normalized spacial score (nSPS) is 19.3. The fourth-order valence-electron chi connectivity index (χ4n) is 2.77. The summed E-state index contributed by atoms with van der Waals surface area (Å²) in [7, 11) is 0. The van der Waals surface area contributed by atoms with Gasteiger partial charge >= 0.3 is 5.97 Å². The van der Waals surface area contributed by atoms with E-state index in [0.29, 0.717) is 12.2 Å². The van der Waals surface area contributed by atoms with Crippen LogP contribution in [0.25, 0.3) is 0 Å². The van der Waals surface area contributed by atoms with Gasteiger partial charge in [-0.2, -0.15) is 0 Å². The Balaban J connectivity index is 1.82. The molecule has 1 aliphatic heterocycles. The van der Waals surface area contributed by atoms with Crippen molar-refractivity contribution in [3.8, 4) is 0 Å². The highest BCUT2D eigenvalue weighted by Crippen LogP contribution is 2.33. The molecule has 5 heteroatoms. The van der Waals surface area contributed by atoms with Crippen molar-refractivity contribution in [1.29, 1.82) is 0 Å². The van der Waals surface area contributed by atoms with Crippen molar-refractivity contribution in [2.75, 3.05) is 6.54 Å². The summed E-state index contributed by atoms with van der Waals surface area (Å²) in [6, 6.07) is 7.33. The molecule has 0 saturated carbocycles. The predicted octanol–water partition coefficient (Wildman–Crippen LogP) is 2.71. The Morgan fingerprint density at radius 3 is 3.10 bits per heavy atom. The van der Waals surface area contributed by atoms with Crippen LogP contribution in [0.3, 0.4) is 0 Å². The second kappa shape index (κ2) is 5.46. The molecule has 3 heterocycles. The van der Waals surface area contributed by atoms with E-state index >= 15 is 0 Å². The van der Waals surface area contributed by atoms with Crippen molar-refractivity contribution in [1.82, 2.24) is 9.88 Å². The minimum Gasteiger partial charge on any atom is -0.478 e. The molecular weight excluding hydrogens is 256 g/mol. The van der Waals surface area contributed by atoms with E-state index < -0.39 is 5.97 Å². The number of carboxylic acid groups (broad SMARTS) is 1. The van der Waals surface area contributed by atoms with E-state index in [1.807, 2.05) is 12.1 Å². The average Bonchev–Trinajstić information content (AvgIpc) is 3.09. The van der Waals surface area contributed by atoms with Crippen LogP contribution in [0.5, 0.6) is 0 Å². The maximum absolute atomic E-state index is 11.2. The Morgan fingerprint density at radius 2 is 2.35 bits per heavy atom. The van der Waals surface area contributed by atoms with Gasteiger partial charge in [0.15, 0.2) is 0 Å². The summed E-state index contributed by atoms with van der Waals surface area (Å²) in [4.78, 5) is 17.7.